The van der Waals surface area contributed by atoms with Gasteiger partial charge in [-0.25, -0.2) is 0 Å². The monoisotopic (exact) mass is 430 g/mol. The highest BCUT2D eigenvalue weighted by atomic mass is 35.5. The first kappa shape index (κ1) is 22.4. The number of halogens is 4. The van der Waals surface area contributed by atoms with Crippen LogP contribution in [0.1, 0.15) is 34.3 Å². The van der Waals surface area contributed by atoms with Crippen LogP contribution in [0.4, 0.5) is 30.2 Å². The van der Waals surface area contributed by atoms with Crippen LogP contribution in [0.25, 0.3) is 0 Å². The summed E-state index contributed by atoms with van der Waals surface area (Å²) in [5.41, 5.74) is 4.57. The predicted molar refractivity (Wildman–Crippen MR) is 104 cm³/mol. The van der Waals surface area contributed by atoms with Crippen LogP contribution < -0.4 is 16.4 Å². The zero-order valence-corrected chi connectivity index (χ0v) is 15.8. The molecule has 0 radical (unpaired) electrons. The molecule has 29 heavy (non-hydrogen) atoms. The van der Waals surface area contributed by atoms with Crippen LogP contribution >= 0.6 is 12.4 Å². The summed E-state index contributed by atoms with van der Waals surface area (Å²) < 4.78 is 39.0. The summed E-state index contributed by atoms with van der Waals surface area (Å²) in [7, 11) is 0. The van der Waals surface area contributed by atoms with Gasteiger partial charge in [-0.15, -0.1) is 12.4 Å². The minimum Gasteiger partial charge on any atom is -0.377 e. The summed E-state index contributed by atoms with van der Waals surface area (Å²) in [5, 5.41) is 16.6. The Balaban J connectivity index is 0.00000300. The Labute approximate surface area is 170 Å². The average Bonchev–Trinajstić information content (AvgIpc) is 3.44. The molecule has 1 aliphatic rings. The topological polar surface area (TPSA) is 110 Å². The van der Waals surface area contributed by atoms with Gasteiger partial charge in [0.1, 0.15) is 5.69 Å². The lowest BCUT2D eigenvalue weighted by atomic mass is 10.1. The lowest BCUT2D eigenvalue weighted by Gasteiger charge is -2.13. The average molecular weight is 431 g/mol. The van der Waals surface area contributed by atoms with E-state index in [1.807, 2.05) is 0 Å². The molecule has 7 nitrogen and oxygen atoms in total. The minimum absolute atomic E-state index is 0. The third kappa shape index (κ3) is 5.58. The smallest absolute Gasteiger partial charge is 0.377 e. The van der Waals surface area contributed by atoms with E-state index < -0.39 is 22.6 Å². The van der Waals surface area contributed by atoms with E-state index in [4.69, 9.17) is 5.73 Å². The molecule has 2 aromatic rings. The fourth-order valence-corrected chi connectivity index (χ4v) is 2.64. The van der Waals surface area contributed by atoms with Gasteiger partial charge >= 0.3 is 6.18 Å². The lowest BCUT2D eigenvalue weighted by Crippen LogP contribution is -2.15. The molecule has 1 fully saturated rings. The lowest BCUT2D eigenvalue weighted by molar-refractivity contribution is -0.384. The SMILES string of the molecule is Cl.NCc1cc(NC(=O)c2ccc(NC3CC3)c([N+](=O)[O-])c2)cc(C(F)(F)F)c1. The van der Waals surface area contributed by atoms with Crippen molar-refractivity contribution in [2.45, 2.75) is 31.6 Å². The highest BCUT2D eigenvalue weighted by molar-refractivity contribution is 6.05. The number of benzene rings is 2. The first-order valence-electron chi connectivity index (χ1n) is 8.45. The van der Waals surface area contributed by atoms with Crippen LogP contribution in [-0.4, -0.2) is 16.9 Å². The van der Waals surface area contributed by atoms with Crippen molar-refractivity contribution in [3.63, 3.8) is 0 Å². The maximum Gasteiger partial charge on any atom is 0.416 e. The van der Waals surface area contributed by atoms with Crippen LogP contribution in [0.3, 0.4) is 0 Å². The van der Waals surface area contributed by atoms with Gasteiger partial charge < -0.3 is 16.4 Å². The van der Waals surface area contributed by atoms with E-state index in [0.717, 1.165) is 31.0 Å². The molecule has 0 bridgehead atoms. The zero-order valence-electron chi connectivity index (χ0n) is 15.0. The van der Waals surface area contributed by atoms with Crippen LogP contribution in [0, 0.1) is 10.1 Å². The van der Waals surface area contributed by atoms with Gasteiger partial charge in [-0.3, -0.25) is 14.9 Å². The number of anilines is 2. The van der Waals surface area contributed by atoms with Gasteiger partial charge in [0.2, 0.25) is 0 Å². The fraction of sp³-hybridized carbons (Fsp3) is 0.278. The second kappa shape index (κ2) is 8.66. The standard InChI is InChI=1S/C18H17F3N4O3.ClH/c19-18(20,21)12-5-10(9-22)6-14(8-12)24-17(26)11-1-4-15(23-13-2-3-13)16(7-11)25(27)28;/h1,4-8,13,23H,2-3,9,22H2,(H,24,26);1H. The third-order valence-corrected chi connectivity index (χ3v) is 4.21. The summed E-state index contributed by atoms with van der Waals surface area (Å²) in [6, 6.07) is 7.08. The highest BCUT2D eigenvalue weighted by Gasteiger charge is 2.31. The molecule has 0 aromatic heterocycles. The Morgan fingerprint density at radius 1 is 1.21 bits per heavy atom. The molecule has 0 unspecified atom stereocenters. The maximum absolute atomic E-state index is 13.0. The van der Waals surface area contributed by atoms with Gasteiger partial charge in [-0.2, -0.15) is 13.2 Å². The van der Waals surface area contributed by atoms with Crippen molar-refractivity contribution in [2.75, 3.05) is 10.6 Å². The second-order valence-corrected chi connectivity index (χ2v) is 6.48. The molecular formula is C18H18ClF3N4O3. The van der Waals surface area contributed by atoms with Crippen molar-refractivity contribution >= 4 is 35.4 Å². The predicted octanol–water partition coefficient (Wildman–Crippen LogP) is 4.32. The Bertz CT molecular complexity index is 933. The number of nitrogens with one attached hydrogen (secondary N) is 2. The van der Waals surface area contributed by atoms with Crippen molar-refractivity contribution in [2.24, 2.45) is 5.73 Å². The molecule has 0 spiro atoms. The van der Waals surface area contributed by atoms with E-state index in [1.54, 1.807) is 0 Å². The Morgan fingerprint density at radius 2 is 1.90 bits per heavy atom. The Morgan fingerprint density at radius 3 is 2.45 bits per heavy atom. The van der Waals surface area contributed by atoms with Crippen molar-refractivity contribution in [1.29, 1.82) is 0 Å². The van der Waals surface area contributed by atoms with Gasteiger partial charge in [-0.1, -0.05) is 0 Å². The number of amides is 1. The van der Waals surface area contributed by atoms with E-state index >= 15 is 0 Å². The number of carbonyl (C=O) groups is 1. The van der Waals surface area contributed by atoms with E-state index in [2.05, 4.69) is 10.6 Å². The van der Waals surface area contributed by atoms with Crippen LogP contribution in [0.5, 0.6) is 0 Å². The summed E-state index contributed by atoms with van der Waals surface area (Å²) in [4.78, 5) is 23.1. The Hall–Kier alpha value is -2.85. The molecule has 11 heteroatoms. The first-order chi connectivity index (χ1) is 13.2. The number of alkyl halides is 3. The van der Waals surface area contributed by atoms with Gasteiger partial charge in [0.25, 0.3) is 11.6 Å². The van der Waals surface area contributed by atoms with E-state index in [0.29, 0.717) is 5.69 Å². The number of nitro groups is 1. The molecule has 156 valence electrons. The van der Waals surface area contributed by atoms with Gasteiger partial charge in [0.05, 0.1) is 10.5 Å². The molecule has 1 aliphatic carbocycles. The second-order valence-electron chi connectivity index (χ2n) is 6.48. The van der Waals surface area contributed by atoms with Crippen molar-refractivity contribution in [3.05, 3.63) is 63.2 Å². The van der Waals surface area contributed by atoms with Crippen LogP contribution in [-0.2, 0) is 12.7 Å². The number of carbonyl (C=O) groups excluding carboxylic acids is 1. The molecule has 0 aliphatic heterocycles. The molecular weight excluding hydrogens is 413 g/mol. The summed E-state index contributed by atoms with van der Waals surface area (Å²) in [6.07, 6.45) is -2.77. The molecule has 4 N–H and O–H groups in total. The van der Waals surface area contributed by atoms with E-state index in [1.165, 1.54) is 18.2 Å². The fourth-order valence-electron chi connectivity index (χ4n) is 2.64. The van der Waals surface area contributed by atoms with Crippen molar-refractivity contribution in [1.82, 2.24) is 0 Å². The quantitative estimate of drug-likeness (QED) is 0.467. The summed E-state index contributed by atoms with van der Waals surface area (Å²) >= 11 is 0. The van der Waals surface area contributed by atoms with Crippen molar-refractivity contribution in [3.8, 4) is 0 Å². The maximum atomic E-state index is 13.0. The van der Waals surface area contributed by atoms with Gasteiger partial charge in [0.15, 0.2) is 0 Å². The van der Waals surface area contributed by atoms with Crippen LogP contribution in [0.15, 0.2) is 36.4 Å². The number of rotatable bonds is 6. The molecule has 0 saturated heterocycles. The zero-order chi connectivity index (χ0) is 20.5. The van der Waals surface area contributed by atoms with E-state index in [9.17, 15) is 28.1 Å². The number of hydrogen-bond acceptors (Lipinski definition) is 5. The van der Waals surface area contributed by atoms with Crippen molar-refractivity contribution < 1.29 is 22.9 Å². The number of nitro benzene ring substituents is 1. The van der Waals surface area contributed by atoms with Crippen LogP contribution in [0.2, 0.25) is 0 Å². The first-order valence-corrected chi connectivity index (χ1v) is 8.45. The number of nitrogens with zero attached hydrogens (tertiary/aromatic N) is 1. The third-order valence-electron chi connectivity index (χ3n) is 4.21. The van der Waals surface area contributed by atoms with E-state index in [-0.39, 0.29) is 47.5 Å². The molecule has 1 saturated carbocycles. The minimum atomic E-state index is -4.60. The Kier molecular flexibility index (Phi) is 6.70. The summed E-state index contributed by atoms with van der Waals surface area (Å²) in [5.74, 6) is -0.761. The molecule has 2 aromatic carbocycles. The number of nitrogens with two attached hydrogens (primary N) is 1. The number of hydrogen-bond donors (Lipinski definition) is 3. The van der Waals surface area contributed by atoms with Gasteiger partial charge in [-0.05, 0) is 48.7 Å². The molecule has 3 rings (SSSR count). The molecule has 1 amide bonds. The molecule has 0 heterocycles. The largest absolute Gasteiger partial charge is 0.416 e. The van der Waals surface area contributed by atoms with Gasteiger partial charge in [0, 0.05) is 29.9 Å². The highest BCUT2D eigenvalue weighted by Crippen LogP contribution is 2.33. The summed E-state index contributed by atoms with van der Waals surface area (Å²) in [6.45, 7) is -0.139. The molecule has 0 atom stereocenters. The normalized spacial score (nSPS) is 13.4.